The third kappa shape index (κ3) is 3.50. The summed E-state index contributed by atoms with van der Waals surface area (Å²) in [4.78, 5) is 12.5. The fraction of sp³-hybridized carbons (Fsp3) is 0.722. The smallest absolute Gasteiger partial charge is 0.223 e. The first-order valence-corrected chi connectivity index (χ1v) is 8.67. The number of rotatable bonds is 3. The highest BCUT2D eigenvalue weighted by molar-refractivity contribution is 5.79. The molecule has 21 heavy (non-hydrogen) atoms. The van der Waals surface area contributed by atoms with Crippen molar-refractivity contribution >= 4 is 5.91 Å². The van der Waals surface area contributed by atoms with Gasteiger partial charge in [-0.05, 0) is 56.6 Å². The highest BCUT2D eigenvalue weighted by atomic mass is 16.1. The van der Waals surface area contributed by atoms with Gasteiger partial charge in [-0.3, -0.25) is 4.79 Å². The summed E-state index contributed by atoms with van der Waals surface area (Å²) in [6.45, 7) is 2.28. The molecule has 2 aliphatic rings. The lowest BCUT2D eigenvalue weighted by Crippen LogP contribution is -2.44. The number of nitrogens with one attached hydrogen (secondary N) is 1. The minimum absolute atomic E-state index is 0.242. The number of hydrogen-bond acceptors (Lipinski definition) is 1. The summed E-state index contributed by atoms with van der Waals surface area (Å²) in [5.74, 6) is 1.21. The Hall–Kier alpha value is -1.25. The Bertz CT molecular complexity index is 446. The predicted octanol–water partition coefficient (Wildman–Crippen LogP) is 3.91. The van der Waals surface area contributed by atoms with E-state index in [-0.39, 0.29) is 5.92 Å². The first-order valence-electron chi connectivity index (χ1n) is 8.67. The van der Waals surface area contributed by atoms with Crippen molar-refractivity contribution in [3.63, 3.8) is 0 Å². The first-order chi connectivity index (χ1) is 10.2. The SMILES string of the molecule is C[C@H]1CCCC[C@H]1NC(=O)C1CCC(n2cccc2)CC1. The maximum absolute atomic E-state index is 12.5. The summed E-state index contributed by atoms with van der Waals surface area (Å²) in [5, 5.41) is 3.34. The van der Waals surface area contributed by atoms with E-state index in [1.165, 1.54) is 25.7 Å². The summed E-state index contributed by atoms with van der Waals surface area (Å²) >= 11 is 0. The molecule has 2 saturated carbocycles. The molecule has 1 amide bonds. The predicted molar refractivity (Wildman–Crippen MR) is 85.0 cm³/mol. The summed E-state index contributed by atoms with van der Waals surface area (Å²) in [6.07, 6.45) is 13.7. The van der Waals surface area contributed by atoms with Gasteiger partial charge in [-0.25, -0.2) is 0 Å². The molecule has 0 radical (unpaired) electrons. The van der Waals surface area contributed by atoms with Crippen LogP contribution in [0.3, 0.4) is 0 Å². The molecule has 1 heterocycles. The molecule has 3 heteroatoms. The van der Waals surface area contributed by atoms with Gasteiger partial charge in [0.1, 0.15) is 0 Å². The lowest BCUT2D eigenvalue weighted by molar-refractivity contribution is -0.127. The van der Waals surface area contributed by atoms with E-state index in [4.69, 9.17) is 0 Å². The average molecular weight is 288 g/mol. The van der Waals surface area contributed by atoms with Gasteiger partial charge >= 0.3 is 0 Å². The quantitative estimate of drug-likeness (QED) is 0.899. The highest BCUT2D eigenvalue weighted by Crippen LogP contribution is 2.33. The second kappa shape index (κ2) is 6.67. The molecule has 1 aromatic heterocycles. The topological polar surface area (TPSA) is 34.0 Å². The second-order valence-electron chi connectivity index (χ2n) is 7.01. The van der Waals surface area contributed by atoms with Crippen LogP contribution in [0.5, 0.6) is 0 Å². The standard InChI is InChI=1S/C18H28N2O/c1-14-6-2-3-7-17(14)19-18(21)15-8-10-16(11-9-15)20-12-4-5-13-20/h4-5,12-17H,2-3,6-11H2,1H3,(H,19,21)/t14-,15?,16?,17+/m0/s1. The zero-order valence-corrected chi connectivity index (χ0v) is 13.1. The Balaban J connectivity index is 1.48. The lowest BCUT2D eigenvalue weighted by Gasteiger charge is -2.33. The number of aromatic nitrogens is 1. The number of amides is 1. The molecule has 3 nitrogen and oxygen atoms in total. The van der Waals surface area contributed by atoms with E-state index in [9.17, 15) is 4.79 Å². The van der Waals surface area contributed by atoms with E-state index in [1.807, 2.05) is 0 Å². The molecule has 1 aromatic rings. The van der Waals surface area contributed by atoms with Crippen molar-refractivity contribution in [3.8, 4) is 0 Å². The molecule has 0 spiro atoms. The summed E-state index contributed by atoms with van der Waals surface area (Å²) in [7, 11) is 0. The molecular formula is C18H28N2O. The van der Waals surface area contributed by atoms with Crippen molar-refractivity contribution in [1.29, 1.82) is 0 Å². The van der Waals surface area contributed by atoms with Crippen LogP contribution in [-0.2, 0) is 4.79 Å². The van der Waals surface area contributed by atoms with Crippen molar-refractivity contribution in [2.24, 2.45) is 11.8 Å². The zero-order valence-electron chi connectivity index (χ0n) is 13.1. The van der Waals surface area contributed by atoms with Gasteiger partial charge in [-0.1, -0.05) is 19.8 Å². The van der Waals surface area contributed by atoms with E-state index in [1.54, 1.807) is 0 Å². The minimum atomic E-state index is 0.242. The average Bonchev–Trinajstić information content (AvgIpc) is 3.04. The van der Waals surface area contributed by atoms with E-state index in [0.717, 1.165) is 25.7 Å². The van der Waals surface area contributed by atoms with E-state index >= 15 is 0 Å². The van der Waals surface area contributed by atoms with Crippen molar-refractivity contribution in [2.75, 3.05) is 0 Å². The van der Waals surface area contributed by atoms with Gasteiger partial charge in [0, 0.05) is 30.4 Å². The molecule has 0 unspecified atom stereocenters. The Labute approximate surface area is 128 Å². The summed E-state index contributed by atoms with van der Waals surface area (Å²) < 4.78 is 2.30. The number of carbonyl (C=O) groups is 1. The summed E-state index contributed by atoms with van der Waals surface area (Å²) in [6, 6.07) is 5.19. The molecule has 2 aliphatic carbocycles. The maximum Gasteiger partial charge on any atom is 0.223 e. The molecule has 0 bridgehead atoms. The molecule has 0 aromatic carbocycles. The van der Waals surface area contributed by atoms with Gasteiger partial charge < -0.3 is 9.88 Å². The summed E-state index contributed by atoms with van der Waals surface area (Å²) in [5.41, 5.74) is 0. The van der Waals surface area contributed by atoms with Gasteiger partial charge in [-0.2, -0.15) is 0 Å². The van der Waals surface area contributed by atoms with Crippen LogP contribution in [0, 0.1) is 11.8 Å². The zero-order chi connectivity index (χ0) is 14.7. The van der Waals surface area contributed by atoms with Crippen LogP contribution in [0.25, 0.3) is 0 Å². The van der Waals surface area contributed by atoms with Crippen molar-refractivity contribution in [2.45, 2.75) is 70.4 Å². The van der Waals surface area contributed by atoms with Crippen LogP contribution in [0.15, 0.2) is 24.5 Å². The minimum Gasteiger partial charge on any atom is -0.353 e. The van der Waals surface area contributed by atoms with Crippen LogP contribution in [0.1, 0.15) is 64.3 Å². The van der Waals surface area contributed by atoms with Gasteiger partial charge in [0.25, 0.3) is 0 Å². The molecular weight excluding hydrogens is 260 g/mol. The largest absolute Gasteiger partial charge is 0.353 e. The second-order valence-corrected chi connectivity index (χ2v) is 7.01. The number of hydrogen-bond donors (Lipinski definition) is 1. The van der Waals surface area contributed by atoms with Crippen molar-refractivity contribution in [1.82, 2.24) is 9.88 Å². The van der Waals surface area contributed by atoms with Gasteiger partial charge in [-0.15, -0.1) is 0 Å². The van der Waals surface area contributed by atoms with Crippen molar-refractivity contribution in [3.05, 3.63) is 24.5 Å². The third-order valence-electron chi connectivity index (χ3n) is 5.56. The lowest BCUT2D eigenvalue weighted by atomic mass is 9.83. The molecule has 2 atom stereocenters. The molecule has 0 aliphatic heterocycles. The third-order valence-corrected chi connectivity index (χ3v) is 5.56. The Morgan fingerprint density at radius 3 is 2.33 bits per heavy atom. The van der Waals surface area contributed by atoms with Gasteiger partial charge in [0.2, 0.25) is 5.91 Å². The monoisotopic (exact) mass is 288 g/mol. The Morgan fingerprint density at radius 2 is 1.67 bits per heavy atom. The number of carbonyl (C=O) groups excluding carboxylic acids is 1. The van der Waals surface area contributed by atoms with E-state index in [0.29, 0.717) is 23.9 Å². The molecule has 2 fully saturated rings. The Morgan fingerprint density at radius 1 is 1.00 bits per heavy atom. The molecule has 3 rings (SSSR count). The Kier molecular flexibility index (Phi) is 4.67. The molecule has 0 saturated heterocycles. The van der Waals surface area contributed by atoms with E-state index < -0.39 is 0 Å². The van der Waals surface area contributed by atoms with Gasteiger partial charge in [0.05, 0.1) is 0 Å². The van der Waals surface area contributed by atoms with Crippen LogP contribution in [-0.4, -0.2) is 16.5 Å². The highest BCUT2D eigenvalue weighted by Gasteiger charge is 2.29. The van der Waals surface area contributed by atoms with E-state index in [2.05, 4.69) is 41.3 Å². The normalized spacial score (nSPS) is 33.6. The fourth-order valence-corrected chi connectivity index (χ4v) is 4.06. The fourth-order valence-electron chi connectivity index (χ4n) is 4.06. The van der Waals surface area contributed by atoms with Crippen LogP contribution >= 0.6 is 0 Å². The van der Waals surface area contributed by atoms with Crippen LogP contribution in [0.2, 0.25) is 0 Å². The first kappa shape index (κ1) is 14.7. The van der Waals surface area contributed by atoms with Crippen LogP contribution < -0.4 is 5.32 Å². The van der Waals surface area contributed by atoms with Crippen LogP contribution in [0.4, 0.5) is 0 Å². The van der Waals surface area contributed by atoms with Crippen molar-refractivity contribution < 1.29 is 4.79 Å². The number of nitrogens with zero attached hydrogens (tertiary/aromatic N) is 1. The molecule has 1 N–H and O–H groups in total. The molecule has 116 valence electrons. The van der Waals surface area contributed by atoms with Gasteiger partial charge in [0.15, 0.2) is 0 Å². The maximum atomic E-state index is 12.5.